The molecule has 0 saturated carbocycles. The van der Waals surface area contributed by atoms with E-state index >= 15 is 0 Å². The molecule has 2 heterocycles. The van der Waals surface area contributed by atoms with Crippen LogP contribution in [0.25, 0.3) is 4.96 Å². The van der Waals surface area contributed by atoms with Crippen LogP contribution in [0.3, 0.4) is 0 Å². The van der Waals surface area contributed by atoms with Gasteiger partial charge in [0.05, 0.1) is 11.0 Å². The van der Waals surface area contributed by atoms with Crippen molar-refractivity contribution in [3.05, 3.63) is 16.4 Å². The molecule has 0 bridgehead atoms. The molecule has 70 valence electrons. The van der Waals surface area contributed by atoms with Gasteiger partial charge in [0.15, 0.2) is 0 Å². The minimum absolute atomic E-state index is 0.425. The lowest BCUT2D eigenvalue weighted by Gasteiger charge is -2.01. The summed E-state index contributed by atoms with van der Waals surface area (Å²) in [5.41, 5.74) is 1.04. The number of fused-ring (bicyclic) bond motifs is 1. The number of rotatable bonds is 1. The Balaban J connectivity index is 2.75. The van der Waals surface area contributed by atoms with E-state index in [1.165, 1.54) is 11.3 Å². The molecule has 4 nitrogen and oxygen atoms in total. The number of aromatic nitrogens is 3. The molecular formula is C8H11N3OS. The predicted octanol–water partition coefficient (Wildman–Crippen LogP) is 1.46. The summed E-state index contributed by atoms with van der Waals surface area (Å²) in [7, 11) is 0. The normalized spacial score (nSPS) is 13.8. The van der Waals surface area contributed by atoms with Crippen LogP contribution < -0.4 is 0 Å². The minimum atomic E-state index is -0.425. The highest BCUT2D eigenvalue weighted by atomic mass is 32.1. The number of aryl methyl sites for hydroxylation is 2. The highest BCUT2D eigenvalue weighted by molar-refractivity contribution is 7.17. The lowest BCUT2D eigenvalue weighted by molar-refractivity contribution is 0.202. The van der Waals surface area contributed by atoms with Crippen LogP contribution >= 0.6 is 11.3 Å². The highest BCUT2D eigenvalue weighted by Crippen LogP contribution is 2.27. The molecule has 0 aliphatic carbocycles. The summed E-state index contributed by atoms with van der Waals surface area (Å²) in [4.78, 5) is 1.82. The zero-order valence-corrected chi connectivity index (χ0v) is 8.59. The quantitative estimate of drug-likeness (QED) is 0.753. The summed E-state index contributed by atoms with van der Waals surface area (Å²) in [5, 5.41) is 17.4. The monoisotopic (exact) mass is 197 g/mol. The maximum Gasteiger partial charge on any atom is 0.216 e. The molecule has 0 radical (unpaired) electrons. The van der Waals surface area contributed by atoms with Gasteiger partial charge in [-0.25, -0.2) is 0 Å². The van der Waals surface area contributed by atoms with Gasteiger partial charge >= 0.3 is 0 Å². The van der Waals surface area contributed by atoms with Gasteiger partial charge in [-0.15, -0.1) is 10.2 Å². The number of hydrogen-bond donors (Lipinski definition) is 1. The minimum Gasteiger partial charge on any atom is -0.388 e. The van der Waals surface area contributed by atoms with Gasteiger partial charge in [0.1, 0.15) is 5.82 Å². The molecule has 13 heavy (non-hydrogen) atoms. The van der Waals surface area contributed by atoms with E-state index in [0.29, 0.717) is 0 Å². The Labute approximate surface area is 79.9 Å². The second-order valence-corrected chi connectivity index (χ2v) is 4.10. The Bertz CT molecular complexity index is 443. The van der Waals surface area contributed by atoms with E-state index in [-0.39, 0.29) is 0 Å². The van der Waals surface area contributed by atoms with Crippen molar-refractivity contribution in [3.63, 3.8) is 0 Å². The molecule has 0 amide bonds. The van der Waals surface area contributed by atoms with Gasteiger partial charge in [-0.1, -0.05) is 11.3 Å². The molecule has 5 heteroatoms. The average molecular weight is 197 g/mol. The Kier molecular flexibility index (Phi) is 1.85. The van der Waals surface area contributed by atoms with Crippen LogP contribution in [-0.4, -0.2) is 19.7 Å². The van der Waals surface area contributed by atoms with Gasteiger partial charge in [0.25, 0.3) is 0 Å². The number of nitrogens with zero attached hydrogens (tertiary/aromatic N) is 3. The van der Waals surface area contributed by atoms with Gasteiger partial charge in [0.2, 0.25) is 4.96 Å². The molecule has 0 aliphatic rings. The summed E-state index contributed by atoms with van der Waals surface area (Å²) in [6, 6.07) is 0. The van der Waals surface area contributed by atoms with Crippen molar-refractivity contribution < 1.29 is 5.11 Å². The van der Waals surface area contributed by atoms with Gasteiger partial charge in [-0.3, -0.25) is 4.40 Å². The third-order valence-electron chi connectivity index (χ3n) is 2.07. The molecule has 0 aromatic carbocycles. The Morgan fingerprint density at radius 2 is 2.08 bits per heavy atom. The lowest BCUT2D eigenvalue weighted by atomic mass is 10.3. The summed E-state index contributed by atoms with van der Waals surface area (Å²) in [6.07, 6.45) is -0.425. The van der Waals surface area contributed by atoms with Crippen molar-refractivity contribution in [2.24, 2.45) is 0 Å². The number of thiazole rings is 1. The van der Waals surface area contributed by atoms with Crippen molar-refractivity contribution in [2.75, 3.05) is 0 Å². The first-order valence-corrected chi connectivity index (χ1v) is 4.92. The maximum atomic E-state index is 9.46. The third-order valence-corrected chi connectivity index (χ3v) is 3.37. The highest BCUT2D eigenvalue weighted by Gasteiger charge is 2.15. The van der Waals surface area contributed by atoms with E-state index in [1.807, 2.05) is 18.2 Å². The van der Waals surface area contributed by atoms with Crippen molar-refractivity contribution in [3.8, 4) is 0 Å². The summed E-state index contributed by atoms with van der Waals surface area (Å²) in [6.45, 7) is 5.65. The first-order chi connectivity index (χ1) is 6.11. The number of hydrogen-bond acceptors (Lipinski definition) is 4. The van der Waals surface area contributed by atoms with E-state index in [4.69, 9.17) is 0 Å². The molecule has 1 atom stereocenters. The van der Waals surface area contributed by atoms with Gasteiger partial charge in [-0.2, -0.15) is 0 Å². The molecule has 0 saturated heterocycles. The van der Waals surface area contributed by atoms with Gasteiger partial charge < -0.3 is 5.11 Å². The topological polar surface area (TPSA) is 50.4 Å². The summed E-state index contributed by atoms with van der Waals surface area (Å²) < 4.78 is 1.96. The number of aliphatic hydroxyl groups excluding tert-OH is 1. The molecular weight excluding hydrogens is 186 g/mol. The average Bonchev–Trinajstić information content (AvgIpc) is 2.55. The molecule has 1 N–H and O–H groups in total. The molecule has 1 unspecified atom stereocenters. The Morgan fingerprint density at radius 3 is 2.62 bits per heavy atom. The summed E-state index contributed by atoms with van der Waals surface area (Å²) >= 11 is 1.49. The van der Waals surface area contributed by atoms with Gasteiger partial charge in [0, 0.05) is 5.69 Å². The Morgan fingerprint density at radius 1 is 1.38 bits per heavy atom. The van der Waals surface area contributed by atoms with Crippen molar-refractivity contribution >= 4 is 16.3 Å². The van der Waals surface area contributed by atoms with Crippen molar-refractivity contribution in [2.45, 2.75) is 26.9 Å². The lowest BCUT2D eigenvalue weighted by Crippen LogP contribution is -1.94. The van der Waals surface area contributed by atoms with Crippen LogP contribution in [0.15, 0.2) is 0 Å². The maximum absolute atomic E-state index is 9.46. The summed E-state index contributed by atoms with van der Waals surface area (Å²) in [5.74, 6) is 0.871. The van der Waals surface area contributed by atoms with Crippen molar-refractivity contribution in [1.29, 1.82) is 0 Å². The molecule has 2 rings (SSSR count). The van der Waals surface area contributed by atoms with Crippen LogP contribution in [0.2, 0.25) is 0 Å². The number of aliphatic hydroxyl groups is 1. The standard InChI is InChI=1S/C8H11N3OS/c1-4-7(5(2)12)13-8-10-9-6(3)11(4)8/h5,12H,1-3H3. The van der Waals surface area contributed by atoms with Crippen LogP contribution in [0.5, 0.6) is 0 Å². The SMILES string of the molecule is Cc1nnc2sc(C(C)O)c(C)n12. The molecule has 0 spiro atoms. The fourth-order valence-corrected chi connectivity index (χ4v) is 2.51. The Hall–Kier alpha value is -0.940. The van der Waals surface area contributed by atoms with Gasteiger partial charge in [-0.05, 0) is 20.8 Å². The van der Waals surface area contributed by atoms with Crippen LogP contribution in [0, 0.1) is 13.8 Å². The smallest absolute Gasteiger partial charge is 0.216 e. The predicted molar refractivity (Wildman–Crippen MR) is 51.0 cm³/mol. The largest absolute Gasteiger partial charge is 0.388 e. The van der Waals surface area contributed by atoms with E-state index < -0.39 is 6.10 Å². The van der Waals surface area contributed by atoms with Crippen LogP contribution in [0.1, 0.15) is 29.4 Å². The zero-order valence-electron chi connectivity index (χ0n) is 7.77. The zero-order chi connectivity index (χ0) is 9.59. The third kappa shape index (κ3) is 1.15. The fourth-order valence-electron chi connectivity index (χ4n) is 1.47. The van der Waals surface area contributed by atoms with Crippen LogP contribution in [0.4, 0.5) is 0 Å². The first kappa shape index (κ1) is 8.65. The first-order valence-electron chi connectivity index (χ1n) is 4.10. The molecule has 2 aromatic rings. The van der Waals surface area contributed by atoms with Crippen molar-refractivity contribution in [1.82, 2.24) is 14.6 Å². The fraction of sp³-hybridized carbons (Fsp3) is 0.500. The molecule has 2 aromatic heterocycles. The van der Waals surface area contributed by atoms with Crippen LogP contribution in [-0.2, 0) is 0 Å². The van der Waals surface area contributed by atoms with E-state index in [2.05, 4.69) is 10.2 Å². The van der Waals surface area contributed by atoms with E-state index in [0.717, 1.165) is 21.4 Å². The van der Waals surface area contributed by atoms with E-state index in [9.17, 15) is 5.11 Å². The molecule has 0 fully saturated rings. The second-order valence-electron chi connectivity index (χ2n) is 3.09. The van der Waals surface area contributed by atoms with E-state index in [1.54, 1.807) is 6.92 Å². The molecule has 0 aliphatic heterocycles. The second kappa shape index (κ2) is 2.78.